The largest absolute Gasteiger partial charge is 0.381 e. The minimum Gasteiger partial charge on any atom is -0.381 e. The van der Waals surface area contributed by atoms with Crippen molar-refractivity contribution in [1.29, 1.82) is 0 Å². The number of hydrogen-bond donors (Lipinski definition) is 0. The van der Waals surface area contributed by atoms with Gasteiger partial charge in [-0.05, 0) is 25.0 Å². The summed E-state index contributed by atoms with van der Waals surface area (Å²) >= 11 is 0. The molecule has 0 aliphatic carbocycles. The zero-order valence-electron chi connectivity index (χ0n) is 9.50. The quantitative estimate of drug-likeness (QED) is 0.741. The van der Waals surface area contributed by atoms with E-state index < -0.39 is 0 Å². The minimum absolute atomic E-state index is 0.438. The van der Waals surface area contributed by atoms with Crippen LogP contribution >= 0.6 is 0 Å². The Hall–Kier alpha value is -1.68. The highest BCUT2D eigenvalue weighted by atomic mass is 16.5. The molecule has 4 nitrogen and oxygen atoms in total. The normalized spacial score (nSPS) is 17.4. The van der Waals surface area contributed by atoms with Crippen molar-refractivity contribution in [2.75, 3.05) is 13.2 Å². The van der Waals surface area contributed by atoms with Gasteiger partial charge in [0.05, 0.1) is 11.7 Å². The number of fused-ring (bicyclic) bond motifs is 1. The Balaban J connectivity index is 2.05. The number of carbonyl (C=O) groups is 1. The predicted molar refractivity (Wildman–Crippen MR) is 63.4 cm³/mol. The number of nitrogens with zero attached hydrogens (tertiary/aromatic N) is 2. The van der Waals surface area contributed by atoms with Crippen LogP contribution in [0.5, 0.6) is 0 Å². The molecule has 3 heterocycles. The van der Waals surface area contributed by atoms with E-state index in [-0.39, 0.29) is 0 Å². The average Bonchev–Trinajstić information content (AvgIpc) is 2.82. The first-order valence-corrected chi connectivity index (χ1v) is 5.88. The summed E-state index contributed by atoms with van der Waals surface area (Å²) in [7, 11) is 0. The highest BCUT2D eigenvalue weighted by Crippen LogP contribution is 2.26. The Kier molecular flexibility index (Phi) is 2.65. The fourth-order valence-corrected chi connectivity index (χ4v) is 2.35. The van der Waals surface area contributed by atoms with Crippen LogP contribution in [0.2, 0.25) is 0 Å². The van der Waals surface area contributed by atoms with Gasteiger partial charge < -0.3 is 9.14 Å². The molecule has 0 radical (unpaired) electrons. The molecular formula is C13H14N2O2. The number of imidazole rings is 1. The molecule has 4 heteroatoms. The van der Waals surface area contributed by atoms with Crippen LogP contribution < -0.4 is 0 Å². The van der Waals surface area contributed by atoms with Gasteiger partial charge in [0.1, 0.15) is 5.82 Å². The van der Waals surface area contributed by atoms with Crippen molar-refractivity contribution in [3.8, 4) is 0 Å². The van der Waals surface area contributed by atoms with Gasteiger partial charge in [0.15, 0.2) is 6.29 Å². The number of rotatable bonds is 2. The number of hydrogen-bond acceptors (Lipinski definition) is 3. The Morgan fingerprint density at radius 3 is 2.94 bits per heavy atom. The van der Waals surface area contributed by atoms with E-state index >= 15 is 0 Å². The van der Waals surface area contributed by atoms with Gasteiger partial charge >= 0.3 is 0 Å². The highest BCUT2D eigenvalue weighted by Gasteiger charge is 2.20. The molecule has 2 aromatic heterocycles. The standard InChI is InChI=1S/C13H14N2O2/c16-9-10-1-2-12-7-14-13(15(12)8-10)11-3-5-17-6-4-11/h1-2,7-9,11H,3-6H2. The Labute approximate surface area is 99.2 Å². The molecule has 0 spiro atoms. The maximum atomic E-state index is 10.8. The lowest BCUT2D eigenvalue weighted by Crippen LogP contribution is -2.16. The summed E-state index contributed by atoms with van der Waals surface area (Å²) in [6, 6.07) is 3.75. The SMILES string of the molecule is O=Cc1ccc2cnc(C3CCOCC3)n2c1. The first-order valence-electron chi connectivity index (χ1n) is 5.88. The molecule has 0 unspecified atom stereocenters. The molecule has 0 amide bonds. The molecule has 0 N–H and O–H groups in total. The van der Waals surface area contributed by atoms with E-state index in [0.717, 1.165) is 43.7 Å². The molecule has 1 fully saturated rings. The van der Waals surface area contributed by atoms with Gasteiger partial charge in [0.2, 0.25) is 0 Å². The van der Waals surface area contributed by atoms with E-state index in [1.807, 2.05) is 28.9 Å². The van der Waals surface area contributed by atoms with Crippen LogP contribution in [-0.4, -0.2) is 28.9 Å². The first kappa shape index (κ1) is 10.5. The number of aldehydes is 1. The lowest BCUT2D eigenvalue weighted by Gasteiger charge is -2.21. The van der Waals surface area contributed by atoms with Gasteiger partial charge in [-0.25, -0.2) is 4.98 Å². The van der Waals surface area contributed by atoms with E-state index in [9.17, 15) is 4.79 Å². The maximum Gasteiger partial charge on any atom is 0.151 e. The molecule has 0 aromatic carbocycles. The topological polar surface area (TPSA) is 43.6 Å². The van der Waals surface area contributed by atoms with Gasteiger partial charge in [0, 0.05) is 30.9 Å². The lowest BCUT2D eigenvalue weighted by molar-refractivity contribution is 0.0835. The summed E-state index contributed by atoms with van der Waals surface area (Å²) in [6.07, 6.45) is 6.60. The molecule has 1 aliphatic heterocycles. The minimum atomic E-state index is 0.438. The van der Waals surface area contributed by atoms with Crippen molar-refractivity contribution < 1.29 is 9.53 Å². The van der Waals surface area contributed by atoms with Gasteiger partial charge in [-0.3, -0.25) is 4.79 Å². The molecule has 88 valence electrons. The van der Waals surface area contributed by atoms with E-state index in [2.05, 4.69) is 4.98 Å². The molecule has 2 aromatic rings. The van der Waals surface area contributed by atoms with Crippen molar-refractivity contribution in [2.45, 2.75) is 18.8 Å². The van der Waals surface area contributed by atoms with Crippen LogP contribution in [0, 0.1) is 0 Å². The van der Waals surface area contributed by atoms with Crippen LogP contribution in [-0.2, 0) is 4.74 Å². The summed E-state index contributed by atoms with van der Waals surface area (Å²) in [6.45, 7) is 1.60. The van der Waals surface area contributed by atoms with Crippen molar-refractivity contribution in [3.63, 3.8) is 0 Å². The Morgan fingerprint density at radius 1 is 1.35 bits per heavy atom. The summed E-state index contributed by atoms with van der Waals surface area (Å²) in [5.41, 5.74) is 1.72. The molecular weight excluding hydrogens is 216 g/mol. The molecule has 17 heavy (non-hydrogen) atoms. The van der Waals surface area contributed by atoms with Crippen molar-refractivity contribution in [1.82, 2.24) is 9.38 Å². The van der Waals surface area contributed by atoms with Crippen molar-refractivity contribution in [3.05, 3.63) is 35.9 Å². The van der Waals surface area contributed by atoms with E-state index in [1.54, 1.807) is 0 Å². The predicted octanol–water partition coefficient (Wildman–Crippen LogP) is 2.04. The van der Waals surface area contributed by atoms with E-state index in [4.69, 9.17) is 4.74 Å². The maximum absolute atomic E-state index is 10.8. The average molecular weight is 230 g/mol. The molecule has 1 saturated heterocycles. The molecule has 0 atom stereocenters. The van der Waals surface area contributed by atoms with Gasteiger partial charge in [-0.2, -0.15) is 0 Å². The van der Waals surface area contributed by atoms with Crippen molar-refractivity contribution >= 4 is 11.8 Å². The number of carbonyl (C=O) groups excluding carboxylic acids is 1. The third-order valence-electron chi connectivity index (χ3n) is 3.30. The molecule has 0 bridgehead atoms. The Morgan fingerprint density at radius 2 is 2.18 bits per heavy atom. The van der Waals surface area contributed by atoms with Crippen LogP contribution in [0.1, 0.15) is 34.9 Å². The van der Waals surface area contributed by atoms with Gasteiger partial charge in [0.25, 0.3) is 0 Å². The molecule has 3 rings (SSSR count). The summed E-state index contributed by atoms with van der Waals surface area (Å²) in [5, 5.41) is 0. The zero-order valence-corrected chi connectivity index (χ0v) is 9.50. The number of pyridine rings is 1. The zero-order chi connectivity index (χ0) is 11.7. The summed E-state index contributed by atoms with van der Waals surface area (Å²) in [5.74, 6) is 1.49. The summed E-state index contributed by atoms with van der Waals surface area (Å²) < 4.78 is 7.39. The monoisotopic (exact) mass is 230 g/mol. The smallest absolute Gasteiger partial charge is 0.151 e. The van der Waals surface area contributed by atoms with E-state index in [0.29, 0.717) is 11.5 Å². The fourth-order valence-electron chi connectivity index (χ4n) is 2.35. The van der Waals surface area contributed by atoms with Crippen molar-refractivity contribution in [2.24, 2.45) is 0 Å². The van der Waals surface area contributed by atoms with Crippen LogP contribution in [0.4, 0.5) is 0 Å². The molecule has 1 aliphatic rings. The third-order valence-corrected chi connectivity index (χ3v) is 3.30. The fraction of sp³-hybridized carbons (Fsp3) is 0.385. The second-order valence-electron chi connectivity index (χ2n) is 4.38. The van der Waals surface area contributed by atoms with Gasteiger partial charge in [-0.1, -0.05) is 0 Å². The lowest BCUT2D eigenvalue weighted by atomic mass is 9.99. The first-order chi connectivity index (χ1) is 8.38. The second-order valence-corrected chi connectivity index (χ2v) is 4.38. The van der Waals surface area contributed by atoms with Crippen LogP contribution in [0.25, 0.3) is 5.52 Å². The highest BCUT2D eigenvalue weighted by molar-refractivity contribution is 5.75. The Bertz CT molecular complexity index is 541. The van der Waals surface area contributed by atoms with Gasteiger partial charge in [-0.15, -0.1) is 0 Å². The third kappa shape index (κ3) is 1.85. The summed E-state index contributed by atoms with van der Waals surface area (Å²) in [4.78, 5) is 15.3. The number of ether oxygens (including phenoxy) is 1. The second kappa shape index (κ2) is 4.30. The van der Waals surface area contributed by atoms with E-state index in [1.165, 1.54) is 0 Å². The van der Waals surface area contributed by atoms with Crippen LogP contribution in [0.15, 0.2) is 24.5 Å². The molecule has 0 saturated carbocycles. The van der Waals surface area contributed by atoms with Crippen LogP contribution in [0.3, 0.4) is 0 Å². The number of aromatic nitrogens is 2.